The van der Waals surface area contributed by atoms with E-state index in [0.29, 0.717) is 10.6 Å². The molecule has 0 radical (unpaired) electrons. The van der Waals surface area contributed by atoms with Crippen LogP contribution in [0.2, 0.25) is 5.02 Å². The third kappa shape index (κ3) is 3.72. The van der Waals surface area contributed by atoms with Gasteiger partial charge in [-0.3, -0.25) is 24.6 Å². The fourth-order valence-electron chi connectivity index (χ4n) is 3.56. The van der Waals surface area contributed by atoms with E-state index in [0.717, 1.165) is 17.0 Å². The van der Waals surface area contributed by atoms with Crippen LogP contribution in [0.3, 0.4) is 0 Å². The van der Waals surface area contributed by atoms with Gasteiger partial charge < -0.3 is 5.11 Å². The average molecular weight is 453 g/mol. The molecule has 1 saturated heterocycles. The van der Waals surface area contributed by atoms with Crippen LogP contribution in [0.15, 0.2) is 78.4 Å². The highest BCUT2D eigenvalue weighted by Crippen LogP contribution is 2.42. The highest BCUT2D eigenvalue weighted by atomic mass is 35.5. The first-order chi connectivity index (χ1) is 15.3. The van der Waals surface area contributed by atoms with Crippen LogP contribution in [0, 0.1) is 15.9 Å². The van der Waals surface area contributed by atoms with Crippen molar-refractivity contribution in [3.8, 4) is 0 Å². The Labute approximate surface area is 186 Å². The lowest BCUT2D eigenvalue weighted by molar-refractivity contribution is -0.384. The maximum absolute atomic E-state index is 13.5. The minimum absolute atomic E-state index is 0.176. The van der Waals surface area contributed by atoms with E-state index < -0.39 is 34.2 Å². The summed E-state index contributed by atoms with van der Waals surface area (Å²) in [7, 11) is 0. The first-order valence-electron chi connectivity index (χ1n) is 9.35. The van der Waals surface area contributed by atoms with Crippen LogP contribution in [-0.2, 0) is 9.59 Å². The van der Waals surface area contributed by atoms with E-state index in [1.807, 2.05) is 0 Å². The van der Waals surface area contributed by atoms with Gasteiger partial charge in [-0.2, -0.15) is 0 Å². The highest BCUT2D eigenvalue weighted by Gasteiger charge is 2.47. The molecule has 7 nitrogen and oxygen atoms in total. The summed E-state index contributed by atoms with van der Waals surface area (Å²) < 4.78 is 13.5. The Bertz CT molecular complexity index is 1260. The summed E-state index contributed by atoms with van der Waals surface area (Å²) in [5, 5.41) is 22.4. The number of hydrogen-bond donors (Lipinski definition) is 1. The number of amides is 1. The fourth-order valence-corrected chi connectivity index (χ4v) is 3.68. The van der Waals surface area contributed by atoms with Crippen LogP contribution in [0.25, 0.3) is 5.76 Å². The van der Waals surface area contributed by atoms with Gasteiger partial charge in [-0.1, -0.05) is 11.6 Å². The van der Waals surface area contributed by atoms with Crippen molar-refractivity contribution >= 4 is 40.4 Å². The Balaban J connectivity index is 1.92. The van der Waals surface area contributed by atoms with Gasteiger partial charge in [0.15, 0.2) is 0 Å². The molecule has 0 bridgehead atoms. The molecule has 3 aromatic carbocycles. The molecule has 1 aliphatic rings. The predicted octanol–water partition coefficient (Wildman–Crippen LogP) is 5.01. The van der Waals surface area contributed by atoms with Gasteiger partial charge in [0.2, 0.25) is 0 Å². The second-order valence-electron chi connectivity index (χ2n) is 7.00. The van der Waals surface area contributed by atoms with Crippen LogP contribution in [0.5, 0.6) is 0 Å². The van der Waals surface area contributed by atoms with Gasteiger partial charge in [0.05, 0.1) is 16.5 Å². The van der Waals surface area contributed by atoms with Gasteiger partial charge in [-0.15, -0.1) is 0 Å². The number of hydrogen-bond acceptors (Lipinski definition) is 5. The second kappa shape index (κ2) is 8.24. The number of Topliss-reactive ketones (excluding diaryl/α,β-unsaturated/α-hetero) is 1. The molecular weight excluding hydrogens is 439 g/mol. The van der Waals surface area contributed by atoms with E-state index in [9.17, 15) is 29.2 Å². The molecule has 1 N–H and O–H groups in total. The first-order valence-corrected chi connectivity index (χ1v) is 9.72. The Hall–Kier alpha value is -4.04. The first kappa shape index (κ1) is 21.2. The van der Waals surface area contributed by atoms with Crippen molar-refractivity contribution in [2.24, 2.45) is 0 Å². The molecule has 0 aliphatic carbocycles. The van der Waals surface area contributed by atoms with Gasteiger partial charge in [0.25, 0.3) is 17.4 Å². The molecule has 1 aliphatic heterocycles. The fraction of sp³-hybridized carbons (Fsp3) is 0.0435. The third-order valence-corrected chi connectivity index (χ3v) is 5.34. The molecule has 1 heterocycles. The van der Waals surface area contributed by atoms with Crippen LogP contribution in [-0.4, -0.2) is 21.7 Å². The second-order valence-corrected chi connectivity index (χ2v) is 7.44. The molecule has 4 rings (SSSR count). The number of rotatable bonds is 4. The zero-order valence-corrected chi connectivity index (χ0v) is 17.0. The van der Waals surface area contributed by atoms with E-state index in [1.54, 1.807) is 0 Å². The number of aliphatic hydroxyl groups is 1. The third-order valence-electron chi connectivity index (χ3n) is 5.09. The number of ketones is 1. The normalized spacial score (nSPS) is 17.6. The Morgan fingerprint density at radius 3 is 2.12 bits per heavy atom. The van der Waals surface area contributed by atoms with E-state index in [2.05, 4.69) is 0 Å². The molecule has 3 aromatic rings. The van der Waals surface area contributed by atoms with Crippen LogP contribution in [0.4, 0.5) is 15.8 Å². The number of benzene rings is 3. The lowest BCUT2D eigenvalue weighted by atomic mass is 9.95. The summed E-state index contributed by atoms with van der Waals surface area (Å²) in [6.07, 6.45) is 0. The lowest BCUT2D eigenvalue weighted by Crippen LogP contribution is -2.29. The number of nitro benzene ring substituents is 1. The number of non-ortho nitro benzene ring substituents is 1. The van der Waals surface area contributed by atoms with Gasteiger partial charge in [-0.25, -0.2) is 4.39 Å². The summed E-state index contributed by atoms with van der Waals surface area (Å²) >= 11 is 5.90. The zero-order chi connectivity index (χ0) is 23.0. The minimum atomic E-state index is -1.09. The van der Waals surface area contributed by atoms with E-state index in [4.69, 9.17) is 11.6 Å². The number of nitrogens with zero attached hydrogens (tertiary/aromatic N) is 2. The van der Waals surface area contributed by atoms with Gasteiger partial charge >= 0.3 is 0 Å². The monoisotopic (exact) mass is 452 g/mol. The maximum Gasteiger partial charge on any atom is 0.300 e. The standard InChI is InChI=1S/C23H14ClFN2O5/c24-15-5-1-14(2-6-15)21(28)19-20(13-3-9-18(10-4-13)27(31)32)26(23(30)22(19)29)17-11-7-16(25)8-12-17/h1-12,20,28H/b21-19+/t20-/m0/s1. The van der Waals surface area contributed by atoms with Crippen molar-refractivity contribution in [1.82, 2.24) is 0 Å². The molecule has 1 atom stereocenters. The van der Waals surface area contributed by atoms with Crippen molar-refractivity contribution in [2.45, 2.75) is 6.04 Å². The van der Waals surface area contributed by atoms with E-state index >= 15 is 0 Å². The zero-order valence-electron chi connectivity index (χ0n) is 16.2. The quantitative estimate of drug-likeness (QED) is 0.197. The summed E-state index contributed by atoms with van der Waals surface area (Å²) in [6, 6.07) is 15.2. The lowest BCUT2D eigenvalue weighted by Gasteiger charge is -2.25. The number of aliphatic hydroxyl groups excluding tert-OH is 1. The van der Waals surface area contributed by atoms with Crippen molar-refractivity contribution in [3.63, 3.8) is 0 Å². The molecule has 1 amide bonds. The smallest absolute Gasteiger partial charge is 0.300 e. The largest absolute Gasteiger partial charge is 0.507 e. The van der Waals surface area contributed by atoms with Gasteiger partial charge in [-0.05, 0) is 66.2 Å². The molecule has 0 aromatic heterocycles. The highest BCUT2D eigenvalue weighted by molar-refractivity contribution is 6.51. The van der Waals surface area contributed by atoms with Crippen LogP contribution >= 0.6 is 11.6 Å². The predicted molar refractivity (Wildman–Crippen MR) is 116 cm³/mol. The van der Waals surface area contributed by atoms with Crippen LogP contribution in [0.1, 0.15) is 17.2 Å². The molecule has 9 heteroatoms. The SMILES string of the molecule is O=C1C(=O)N(c2ccc(F)cc2)[C@@H](c2ccc([N+](=O)[O-])cc2)/C1=C(\O)c1ccc(Cl)cc1. The average Bonchev–Trinajstić information content (AvgIpc) is 3.05. The summed E-state index contributed by atoms with van der Waals surface area (Å²) in [5.41, 5.74) is 0.473. The molecule has 0 saturated carbocycles. The van der Waals surface area contributed by atoms with Crippen molar-refractivity contribution in [2.75, 3.05) is 4.90 Å². The van der Waals surface area contributed by atoms with Crippen molar-refractivity contribution in [1.29, 1.82) is 0 Å². The van der Waals surface area contributed by atoms with E-state index in [1.165, 1.54) is 60.7 Å². The number of halogens is 2. The van der Waals surface area contributed by atoms with Crippen molar-refractivity contribution in [3.05, 3.63) is 110 Å². The summed E-state index contributed by atoms with van der Waals surface area (Å²) in [6.45, 7) is 0. The van der Waals surface area contributed by atoms with Gasteiger partial charge in [0.1, 0.15) is 11.6 Å². The molecule has 160 valence electrons. The number of carbonyl (C=O) groups excluding carboxylic acids is 2. The van der Waals surface area contributed by atoms with E-state index in [-0.39, 0.29) is 22.5 Å². The van der Waals surface area contributed by atoms with Gasteiger partial charge in [0, 0.05) is 28.4 Å². The summed E-state index contributed by atoms with van der Waals surface area (Å²) in [5.74, 6) is -2.81. The number of anilines is 1. The topological polar surface area (TPSA) is 101 Å². The van der Waals surface area contributed by atoms with Crippen LogP contribution < -0.4 is 4.90 Å². The number of carbonyl (C=O) groups is 2. The Morgan fingerprint density at radius 1 is 0.969 bits per heavy atom. The molecule has 1 fully saturated rings. The molecule has 32 heavy (non-hydrogen) atoms. The maximum atomic E-state index is 13.5. The molecule has 0 spiro atoms. The molecular formula is C23H14ClFN2O5. The van der Waals surface area contributed by atoms with Crippen molar-refractivity contribution < 1.29 is 24.0 Å². The summed E-state index contributed by atoms with van der Waals surface area (Å²) in [4.78, 5) is 37.5. The Morgan fingerprint density at radius 2 is 1.56 bits per heavy atom. The Kier molecular flexibility index (Phi) is 5.46. The number of nitro groups is 1. The molecule has 0 unspecified atom stereocenters. The minimum Gasteiger partial charge on any atom is -0.507 e.